The van der Waals surface area contributed by atoms with Crippen LogP contribution in [0.25, 0.3) is 10.8 Å². The first-order chi connectivity index (χ1) is 6.20. The molecule has 0 aliphatic rings. The number of phenols is 1. The van der Waals surface area contributed by atoms with Crippen LogP contribution in [-0.2, 0) is 0 Å². The molecule has 2 rings (SSSR count). The highest BCUT2D eigenvalue weighted by Gasteiger charge is 2.03. The van der Waals surface area contributed by atoms with Crippen molar-refractivity contribution in [3.8, 4) is 5.75 Å². The quantitative estimate of drug-likeness (QED) is 0.532. The average molecular weight is 174 g/mol. The lowest BCUT2D eigenvalue weighted by molar-refractivity contribution is 0.481. The zero-order valence-corrected chi connectivity index (χ0v) is 6.99. The molecule has 0 amide bonds. The summed E-state index contributed by atoms with van der Waals surface area (Å²) in [5.74, 6) is 0.226. The number of benzene rings is 2. The zero-order valence-electron chi connectivity index (χ0n) is 6.99. The van der Waals surface area contributed by atoms with Crippen molar-refractivity contribution in [1.82, 2.24) is 0 Å². The van der Waals surface area contributed by atoms with Crippen molar-refractivity contribution < 1.29 is 5.11 Å². The van der Waals surface area contributed by atoms with Crippen molar-refractivity contribution in [3.05, 3.63) is 30.3 Å². The second-order valence-electron chi connectivity index (χ2n) is 2.94. The third-order valence-corrected chi connectivity index (χ3v) is 2.11. The minimum atomic E-state index is 0.226. The van der Waals surface area contributed by atoms with Crippen molar-refractivity contribution in [2.45, 2.75) is 0 Å². The second kappa shape index (κ2) is 2.55. The van der Waals surface area contributed by atoms with Gasteiger partial charge < -0.3 is 16.6 Å². The summed E-state index contributed by atoms with van der Waals surface area (Å²) in [5, 5.41) is 11.0. The zero-order chi connectivity index (χ0) is 9.42. The molecule has 0 aliphatic heterocycles. The van der Waals surface area contributed by atoms with Gasteiger partial charge in [0.1, 0.15) is 5.75 Å². The predicted molar refractivity (Wildman–Crippen MR) is 54.4 cm³/mol. The van der Waals surface area contributed by atoms with E-state index in [-0.39, 0.29) is 5.75 Å². The molecule has 2 aromatic rings. The van der Waals surface area contributed by atoms with Gasteiger partial charge >= 0.3 is 0 Å². The predicted octanol–water partition coefficient (Wildman–Crippen LogP) is 1.71. The number of hydrogen-bond donors (Lipinski definition) is 3. The fourth-order valence-electron chi connectivity index (χ4n) is 1.38. The van der Waals surface area contributed by atoms with Crippen molar-refractivity contribution in [3.63, 3.8) is 0 Å². The van der Waals surface area contributed by atoms with E-state index in [1.807, 2.05) is 6.07 Å². The molecular weight excluding hydrogens is 164 g/mol. The standard InChI is InChI=1S/C10H10N2O/c11-8-5-4-6-7(10(8)12)2-1-3-9(6)13/h1-5,13H,11-12H2. The Morgan fingerprint density at radius 3 is 2.46 bits per heavy atom. The van der Waals surface area contributed by atoms with Crippen LogP contribution < -0.4 is 11.5 Å². The number of nitrogen functional groups attached to an aromatic ring is 2. The Kier molecular flexibility index (Phi) is 1.52. The molecule has 0 heterocycles. The number of rotatable bonds is 0. The lowest BCUT2D eigenvalue weighted by Gasteiger charge is -2.05. The van der Waals surface area contributed by atoms with Gasteiger partial charge in [-0.05, 0) is 18.2 Å². The van der Waals surface area contributed by atoms with E-state index in [4.69, 9.17) is 11.5 Å². The lowest BCUT2D eigenvalue weighted by atomic mass is 10.1. The molecule has 0 unspecified atom stereocenters. The van der Waals surface area contributed by atoms with Crippen LogP contribution in [-0.4, -0.2) is 5.11 Å². The van der Waals surface area contributed by atoms with Crippen LogP contribution in [0.4, 0.5) is 11.4 Å². The van der Waals surface area contributed by atoms with Gasteiger partial charge in [0, 0.05) is 10.8 Å². The first-order valence-electron chi connectivity index (χ1n) is 3.96. The van der Waals surface area contributed by atoms with Gasteiger partial charge in [0.15, 0.2) is 0 Å². The Labute approximate surface area is 75.6 Å². The van der Waals surface area contributed by atoms with E-state index in [0.717, 1.165) is 10.8 Å². The highest BCUT2D eigenvalue weighted by Crippen LogP contribution is 2.31. The third kappa shape index (κ3) is 1.05. The second-order valence-corrected chi connectivity index (χ2v) is 2.94. The van der Waals surface area contributed by atoms with Crippen LogP contribution in [0, 0.1) is 0 Å². The summed E-state index contributed by atoms with van der Waals surface area (Å²) in [7, 11) is 0. The van der Waals surface area contributed by atoms with Gasteiger partial charge in [-0.1, -0.05) is 12.1 Å². The number of anilines is 2. The van der Waals surface area contributed by atoms with Crippen LogP contribution in [0.2, 0.25) is 0 Å². The van der Waals surface area contributed by atoms with E-state index < -0.39 is 0 Å². The Morgan fingerprint density at radius 2 is 1.69 bits per heavy atom. The van der Waals surface area contributed by atoms with E-state index in [0.29, 0.717) is 11.4 Å². The van der Waals surface area contributed by atoms with Crippen LogP contribution >= 0.6 is 0 Å². The Morgan fingerprint density at radius 1 is 0.923 bits per heavy atom. The Hall–Kier alpha value is -1.90. The van der Waals surface area contributed by atoms with Crippen LogP contribution in [0.1, 0.15) is 0 Å². The molecule has 3 nitrogen and oxygen atoms in total. The molecule has 13 heavy (non-hydrogen) atoms. The topological polar surface area (TPSA) is 72.3 Å². The fraction of sp³-hybridized carbons (Fsp3) is 0. The molecule has 0 atom stereocenters. The lowest BCUT2D eigenvalue weighted by Crippen LogP contribution is -1.94. The SMILES string of the molecule is Nc1ccc2c(O)cccc2c1N. The molecule has 0 radical (unpaired) electrons. The first kappa shape index (κ1) is 7.73. The smallest absolute Gasteiger partial charge is 0.123 e. The molecule has 3 heteroatoms. The fourth-order valence-corrected chi connectivity index (χ4v) is 1.38. The summed E-state index contributed by atoms with van der Waals surface area (Å²) < 4.78 is 0. The number of phenolic OH excluding ortho intramolecular Hbond substituents is 1. The molecule has 0 bridgehead atoms. The van der Waals surface area contributed by atoms with Gasteiger partial charge in [0.2, 0.25) is 0 Å². The molecule has 2 aromatic carbocycles. The number of fused-ring (bicyclic) bond motifs is 1. The van der Waals surface area contributed by atoms with Crippen molar-refractivity contribution in [1.29, 1.82) is 0 Å². The van der Waals surface area contributed by atoms with Crippen LogP contribution in [0.5, 0.6) is 5.75 Å². The van der Waals surface area contributed by atoms with Gasteiger partial charge in [-0.2, -0.15) is 0 Å². The number of nitrogens with two attached hydrogens (primary N) is 2. The van der Waals surface area contributed by atoms with Gasteiger partial charge in [0.25, 0.3) is 0 Å². The maximum Gasteiger partial charge on any atom is 0.123 e. The Balaban J connectivity index is 2.94. The van der Waals surface area contributed by atoms with Crippen LogP contribution in [0.3, 0.4) is 0 Å². The van der Waals surface area contributed by atoms with E-state index >= 15 is 0 Å². The van der Waals surface area contributed by atoms with E-state index in [9.17, 15) is 5.11 Å². The maximum atomic E-state index is 9.49. The van der Waals surface area contributed by atoms with Crippen molar-refractivity contribution >= 4 is 22.1 Å². The average Bonchev–Trinajstić information content (AvgIpc) is 2.12. The third-order valence-electron chi connectivity index (χ3n) is 2.11. The van der Waals surface area contributed by atoms with E-state index in [1.54, 1.807) is 24.3 Å². The van der Waals surface area contributed by atoms with Gasteiger partial charge in [-0.15, -0.1) is 0 Å². The molecule has 0 fully saturated rings. The molecule has 66 valence electrons. The van der Waals surface area contributed by atoms with Gasteiger partial charge in [-0.25, -0.2) is 0 Å². The van der Waals surface area contributed by atoms with Crippen LogP contribution in [0.15, 0.2) is 30.3 Å². The Bertz CT molecular complexity index is 466. The number of aromatic hydroxyl groups is 1. The minimum absolute atomic E-state index is 0.226. The summed E-state index contributed by atoms with van der Waals surface area (Å²) in [6, 6.07) is 8.65. The van der Waals surface area contributed by atoms with Crippen molar-refractivity contribution in [2.75, 3.05) is 11.5 Å². The molecule has 5 N–H and O–H groups in total. The van der Waals surface area contributed by atoms with Gasteiger partial charge in [0.05, 0.1) is 11.4 Å². The summed E-state index contributed by atoms with van der Waals surface area (Å²) in [4.78, 5) is 0. The molecule has 0 saturated heterocycles. The molecular formula is C10H10N2O. The van der Waals surface area contributed by atoms with E-state index in [1.165, 1.54) is 0 Å². The minimum Gasteiger partial charge on any atom is -0.507 e. The number of hydrogen-bond acceptors (Lipinski definition) is 3. The normalized spacial score (nSPS) is 10.5. The molecule has 0 aromatic heterocycles. The molecule has 0 aliphatic carbocycles. The van der Waals surface area contributed by atoms with E-state index in [2.05, 4.69) is 0 Å². The maximum absolute atomic E-state index is 9.49. The van der Waals surface area contributed by atoms with Gasteiger partial charge in [-0.3, -0.25) is 0 Å². The summed E-state index contributed by atoms with van der Waals surface area (Å²) in [6.45, 7) is 0. The summed E-state index contributed by atoms with van der Waals surface area (Å²) in [6.07, 6.45) is 0. The monoisotopic (exact) mass is 174 g/mol. The highest BCUT2D eigenvalue weighted by atomic mass is 16.3. The largest absolute Gasteiger partial charge is 0.507 e. The first-order valence-corrected chi connectivity index (χ1v) is 3.96. The highest BCUT2D eigenvalue weighted by molar-refractivity contribution is 6.01. The van der Waals surface area contributed by atoms with Crippen molar-refractivity contribution in [2.24, 2.45) is 0 Å². The summed E-state index contributed by atoms with van der Waals surface area (Å²) >= 11 is 0. The molecule has 0 spiro atoms. The molecule has 0 saturated carbocycles. The summed E-state index contributed by atoms with van der Waals surface area (Å²) in [5.41, 5.74) is 12.4.